The van der Waals surface area contributed by atoms with Crippen molar-refractivity contribution in [3.05, 3.63) is 17.5 Å². The van der Waals surface area contributed by atoms with Gasteiger partial charge in [-0.1, -0.05) is 0 Å². The fraction of sp³-hybridized carbons (Fsp3) is 0.667. The lowest BCUT2D eigenvalue weighted by Crippen LogP contribution is -2.27. The Morgan fingerprint density at radius 1 is 1.69 bits per heavy atom. The number of rotatable bonds is 5. The van der Waals surface area contributed by atoms with Crippen molar-refractivity contribution < 1.29 is 0 Å². The molecule has 0 aliphatic rings. The van der Waals surface area contributed by atoms with Gasteiger partial charge in [-0.15, -0.1) is 0 Å². The molecule has 0 spiro atoms. The van der Waals surface area contributed by atoms with Crippen molar-refractivity contribution in [2.75, 3.05) is 6.54 Å². The van der Waals surface area contributed by atoms with Crippen molar-refractivity contribution in [1.29, 1.82) is 0 Å². The Hall–Kier alpha value is -0.870. The molecule has 74 valence electrons. The fourth-order valence-electron chi connectivity index (χ4n) is 1.19. The van der Waals surface area contributed by atoms with E-state index in [1.165, 1.54) is 5.56 Å². The van der Waals surface area contributed by atoms with Crippen LogP contribution in [0.3, 0.4) is 0 Å². The van der Waals surface area contributed by atoms with Gasteiger partial charge in [0.2, 0.25) is 0 Å². The molecule has 0 aliphatic heterocycles. The van der Waals surface area contributed by atoms with Crippen molar-refractivity contribution in [3.63, 3.8) is 0 Å². The second-order valence-electron chi connectivity index (χ2n) is 3.38. The third-order valence-corrected chi connectivity index (χ3v) is 2.17. The van der Waals surface area contributed by atoms with Gasteiger partial charge >= 0.3 is 0 Å². The van der Waals surface area contributed by atoms with Gasteiger partial charge in [0.25, 0.3) is 0 Å². The van der Waals surface area contributed by atoms with Gasteiger partial charge in [-0.2, -0.15) is 5.10 Å². The molecular weight excluding hydrogens is 164 g/mol. The minimum Gasteiger partial charge on any atom is -0.330 e. The quantitative estimate of drug-likeness (QED) is 0.623. The minimum atomic E-state index is 0.472. The molecule has 4 nitrogen and oxygen atoms in total. The maximum Gasteiger partial charge on any atom is 0.0535 e. The lowest BCUT2D eigenvalue weighted by molar-refractivity contribution is 0.519. The van der Waals surface area contributed by atoms with Crippen LogP contribution in [0.1, 0.15) is 24.6 Å². The highest BCUT2D eigenvalue weighted by Gasteiger charge is 2.02. The number of aromatic nitrogens is 2. The maximum atomic E-state index is 5.45. The van der Waals surface area contributed by atoms with Crippen molar-refractivity contribution >= 4 is 0 Å². The van der Waals surface area contributed by atoms with Gasteiger partial charge in [-0.3, -0.25) is 5.10 Å². The molecule has 0 aliphatic carbocycles. The molecule has 0 amide bonds. The summed E-state index contributed by atoms with van der Waals surface area (Å²) in [6, 6.07) is 0.472. The molecular formula is C9H18N4. The highest BCUT2D eigenvalue weighted by atomic mass is 15.1. The topological polar surface area (TPSA) is 66.7 Å². The third-order valence-electron chi connectivity index (χ3n) is 2.17. The molecule has 1 heterocycles. The first-order valence-electron chi connectivity index (χ1n) is 4.66. The van der Waals surface area contributed by atoms with E-state index in [1.807, 2.05) is 13.1 Å². The van der Waals surface area contributed by atoms with Crippen LogP contribution in [0.4, 0.5) is 0 Å². The van der Waals surface area contributed by atoms with Crippen LogP contribution in [0.15, 0.2) is 6.20 Å². The molecule has 1 atom stereocenters. The van der Waals surface area contributed by atoms with Crippen LogP contribution >= 0.6 is 0 Å². The zero-order valence-electron chi connectivity index (χ0n) is 8.30. The number of nitrogens with zero attached hydrogens (tertiary/aromatic N) is 1. The summed E-state index contributed by atoms with van der Waals surface area (Å²) in [5.74, 6) is 0. The van der Waals surface area contributed by atoms with E-state index >= 15 is 0 Å². The average Bonchev–Trinajstić information content (AvgIpc) is 2.48. The number of hydrogen-bond acceptors (Lipinski definition) is 3. The van der Waals surface area contributed by atoms with Crippen LogP contribution in [0.2, 0.25) is 0 Å². The number of H-pyrrole nitrogens is 1. The summed E-state index contributed by atoms with van der Waals surface area (Å²) in [5.41, 5.74) is 7.81. The van der Waals surface area contributed by atoms with Crippen LogP contribution in [0, 0.1) is 6.92 Å². The van der Waals surface area contributed by atoms with Gasteiger partial charge in [0.15, 0.2) is 0 Å². The number of hydrogen-bond donors (Lipinski definition) is 3. The summed E-state index contributed by atoms with van der Waals surface area (Å²) in [7, 11) is 0. The molecule has 13 heavy (non-hydrogen) atoms. The first-order chi connectivity index (χ1) is 6.24. The zero-order valence-corrected chi connectivity index (χ0v) is 8.30. The minimum absolute atomic E-state index is 0.472. The van der Waals surface area contributed by atoms with E-state index in [0.29, 0.717) is 6.04 Å². The van der Waals surface area contributed by atoms with Gasteiger partial charge in [0.05, 0.1) is 6.20 Å². The van der Waals surface area contributed by atoms with E-state index in [4.69, 9.17) is 5.73 Å². The van der Waals surface area contributed by atoms with Crippen molar-refractivity contribution in [2.45, 2.75) is 32.9 Å². The lowest BCUT2D eigenvalue weighted by atomic mass is 10.2. The molecule has 0 saturated heterocycles. The second-order valence-corrected chi connectivity index (χ2v) is 3.38. The number of aryl methyl sites for hydroxylation is 1. The Morgan fingerprint density at radius 3 is 3.00 bits per heavy atom. The highest BCUT2D eigenvalue weighted by Crippen LogP contribution is 2.02. The van der Waals surface area contributed by atoms with Gasteiger partial charge < -0.3 is 11.1 Å². The van der Waals surface area contributed by atoms with E-state index in [-0.39, 0.29) is 0 Å². The number of aromatic amines is 1. The molecule has 1 aromatic rings. The normalized spacial score (nSPS) is 13.2. The van der Waals surface area contributed by atoms with Gasteiger partial charge in [-0.05, 0) is 26.8 Å². The summed E-state index contributed by atoms with van der Waals surface area (Å²) in [5, 5.41) is 10.3. The summed E-state index contributed by atoms with van der Waals surface area (Å²) < 4.78 is 0. The molecule has 0 fully saturated rings. The zero-order chi connectivity index (χ0) is 9.68. The molecule has 4 N–H and O–H groups in total. The standard InChI is InChI=1S/C9H18N4/c1-7(3-4-10)11-5-9-6-12-13-8(9)2/h6-7,11H,3-5,10H2,1-2H3,(H,12,13). The fourth-order valence-corrected chi connectivity index (χ4v) is 1.19. The van der Waals surface area contributed by atoms with E-state index in [9.17, 15) is 0 Å². The van der Waals surface area contributed by atoms with Gasteiger partial charge in [0, 0.05) is 23.8 Å². The molecule has 4 heteroatoms. The monoisotopic (exact) mass is 182 g/mol. The Balaban J connectivity index is 2.30. The summed E-state index contributed by atoms with van der Waals surface area (Å²) in [6.45, 7) is 5.77. The van der Waals surface area contributed by atoms with Crippen LogP contribution in [-0.2, 0) is 6.54 Å². The molecule has 1 aromatic heterocycles. The van der Waals surface area contributed by atoms with Crippen LogP contribution in [-0.4, -0.2) is 22.8 Å². The SMILES string of the molecule is Cc1[nH]ncc1CNC(C)CCN. The summed E-state index contributed by atoms with van der Waals surface area (Å²) in [6.07, 6.45) is 2.87. The number of nitrogens with two attached hydrogens (primary N) is 1. The highest BCUT2D eigenvalue weighted by molar-refractivity contribution is 5.13. The van der Waals surface area contributed by atoms with E-state index in [0.717, 1.165) is 25.2 Å². The predicted octanol–water partition coefficient (Wildman–Crippen LogP) is 0.545. The molecule has 1 unspecified atom stereocenters. The van der Waals surface area contributed by atoms with Gasteiger partial charge in [-0.25, -0.2) is 0 Å². The van der Waals surface area contributed by atoms with Crippen molar-refractivity contribution in [3.8, 4) is 0 Å². The summed E-state index contributed by atoms with van der Waals surface area (Å²) in [4.78, 5) is 0. The predicted molar refractivity (Wildman–Crippen MR) is 53.3 cm³/mol. The van der Waals surface area contributed by atoms with Crippen LogP contribution in [0.5, 0.6) is 0 Å². The smallest absolute Gasteiger partial charge is 0.0535 e. The van der Waals surface area contributed by atoms with Crippen molar-refractivity contribution in [1.82, 2.24) is 15.5 Å². The largest absolute Gasteiger partial charge is 0.330 e. The van der Waals surface area contributed by atoms with E-state index < -0.39 is 0 Å². The molecule has 0 saturated carbocycles. The molecule has 0 aromatic carbocycles. The Bertz CT molecular complexity index is 244. The Morgan fingerprint density at radius 2 is 2.46 bits per heavy atom. The Kier molecular flexibility index (Phi) is 3.92. The maximum absolute atomic E-state index is 5.45. The second kappa shape index (κ2) is 4.99. The third kappa shape index (κ3) is 3.16. The lowest BCUT2D eigenvalue weighted by Gasteiger charge is -2.11. The first kappa shape index (κ1) is 10.2. The number of nitrogens with one attached hydrogen (secondary N) is 2. The van der Waals surface area contributed by atoms with Crippen LogP contribution < -0.4 is 11.1 Å². The summed E-state index contributed by atoms with van der Waals surface area (Å²) >= 11 is 0. The van der Waals surface area contributed by atoms with Crippen molar-refractivity contribution in [2.24, 2.45) is 5.73 Å². The molecule has 0 bridgehead atoms. The van der Waals surface area contributed by atoms with Crippen LogP contribution in [0.25, 0.3) is 0 Å². The van der Waals surface area contributed by atoms with E-state index in [2.05, 4.69) is 22.4 Å². The Labute approximate surface area is 78.9 Å². The van der Waals surface area contributed by atoms with Gasteiger partial charge in [0.1, 0.15) is 0 Å². The molecule has 0 radical (unpaired) electrons. The van der Waals surface area contributed by atoms with E-state index in [1.54, 1.807) is 0 Å². The average molecular weight is 182 g/mol. The first-order valence-corrected chi connectivity index (χ1v) is 4.66. The molecule has 1 rings (SSSR count).